The Bertz CT molecular complexity index is 512. The van der Waals surface area contributed by atoms with Gasteiger partial charge in [0.1, 0.15) is 5.82 Å². The molecule has 1 unspecified atom stereocenters. The summed E-state index contributed by atoms with van der Waals surface area (Å²) in [6, 6.07) is 0.657. The molecule has 0 spiro atoms. The van der Waals surface area contributed by atoms with Crippen LogP contribution in [0.15, 0.2) is 12.4 Å². The molecule has 0 radical (unpaired) electrons. The van der Waals surface area contributed by atoms with E-state index in [0.29, 0.717) is 12.0 Å². The van der Waals surface area contributed by atoms with Gasteiger partial charge in [-0.15, -0.1) is 0 Å². The Kier molecular flexibility index (Phi) is 4.66. The van der Waals surface area contributed by atoms with Crippen LogP contribution < -0.4 is 5.32 Å². The molecule has 22 heavy (non-hydrogen) atoms. The number of urea groups is 1. The lowest BCUT2D eigenvalue weighted by atomic mass is 10.2. The zero-order valence-electron chi connectivity index (χ0n) is 13.7. The quantitative estimate of drug-likeness (QED) is 0.866. The third-order valence-corrected chi connectivity index (χ3v) is 4.77. The summed E-state index contributed by atoms with van der Waals surface area (Å²) >= 11 is 0. The van der Waals surface area contributed by atoms with Crippen molar-refractivity contribution >= 4 is 6.03 Å². The molecule has 0 aliphatic carbocycles. The van der Waals surface area contributed by atoms with Crippen LogP contribution in [0.1, 0.15) is 38.4 Å². The number of nitrogens with one attached hydrogen (secondary N) is 1. The van der Waals surface area contributed by atoms with E-state index in [1.54, 1.807) is 0 Å². The number of rotatable bonds is 6. The van der Waals surface area contributed by atoms with Crippen LogP contribution in [0.3, 0.4) is 0 Å². The van der Waals surface area contributed by atoms with E-state index in [2.05, 4.69) is 39.8 Å². The first-order valence-electron chi connectivity index (χ1n) is 8.43. The van der Waals surface area contributed by atoms with Crippen LogP contribution in [0.4, 0.5) is 4.79 Å². The second-order valence-corrected chi connectivity index (χ2v) is 6.64. The molecule has 122 valence electrons. The molecule has 2 aliphatic heterocycles. The van der Waals surface area contributed by atoms with Gasteiger partial charge in [-0.3, -0.25) is 4.90 Å². The third kappa shape index (κ3) is 3.27. The van der Waals surface area contributed by atoms with E-state index in [-0.39, 0.29) is 6.03 Å². The number of nitrogens with zero attached hydrogens (tertiary/aromatic N) is 4. The highest BCUT2D eigenvalue weighted by atomic mass is 16.2. The lowest BCUT2D eigenvalue weighted by Crippen LogP contribution is -2.40. The van der Waals surface area contributed by atoms with E-state index in [9.17, 15) is 4.79 Å². The van der Waals surface area contributed by atoms with Gasteiger partial charge < -0.3 is 14.8 Å². The van der Waals surface area contributed by atoms with Crippen LogP contribution >= 0.6 is 0 Å². The molecular formula is C16H27N5O. The molecule has 0 bridgehead atoms. The largest absolute Gasteiger partial charge is 0.336 e. The Hall–Kier alpha value is -1.56. The van der Waals surface area contributed by atoms with Crippen molar-refractivity contribution < 1.29 is 4.79 Å². The summed E-state index contributed by atoms with van der Waals surface area (Å²) < 4.78 is 2.30. The van der Waals surface area contributed by atoms with Crippen LogP contribution in [0.2, 0.25) is 0 Å². The normalized spacial score (nSPS) is 22.8. The summed E-state index contributed by atoms with van der Waals surface area (Å²) in [5.41, 5.74) is 0. The first-order valence-corrected chi connectivity index (χ1v) is 8.43. The molecule has 3 rings (SSSR count). The fourth-order valence-electron chi connectivity index (χ4n) is 3.57. The van der Waals surface area contributed by atoms with Gasteiger partial charge in [0.15, 0.2) is 0 Å². The Morgan fingerprint density at radius 3 is 2.95 bits per heavy atom. The molecule has 1 N–H and O–H groups in total. The van der Waals surface area contributed by atoms with Crippen LogP contribution in [0.5, 0.6) is 0 Å². The highest BCUT2D eigenvalue weighted by Crippen LogP contribution is 2.21. The third-order valence-electron chi connectivity index (χ3n) is 4.77. The van der Waals surface area contributed by atoms with Gasteiger partial charge in [0, 0.05) is 57.1 Å². The molecule has 3 heterocycles. The van der Waals surface area contributed by atoms with Gasteiger partial charge in [0.05, 0.1) is 0 Å². The topological polar surface area (TPSA) is 53.4 Å². The SMILES string of the molecule is CC(C)c1nccn1CC1CCCN1CCN1CCNC1=O. The lowest BCUT2D eigenvalue weighted by Gasteiger charge is -2.27. The molecule has 1 aromatic rings. The maximum atomic E-state index is 11.6. The van der Waals surface area contributed by atoms with Crippen molar-refractivity contribution in [1.82, 2.24) is 24.7 Å². The van der Waals surface area contributed by atoms with Gasteiger partial charge >= 0.3 is 6.03 Å². The molecule has 1 atom stereocenters. The molecule has 0 aromatic carbocycles. The Balaban J connectivity index is 1.56. The van der Waals surface area contributed by atoms with E-state index >= 15 is 0 Å². The summed E-state index contributed by atoms with van der Waals surface area (Å²) in [6.45, 7) is 9.98. The first-order chi connectivity index (χ1) is 10.6. The molecule has 2 amide bonds. The summed E-state index contributed by atoms with van der Waals surface area (Å²) in [6.07, 6.45) is 6.49. The monoisotopic (exact) mass is 305 g/mol. The van der Waals surface area contributed by atoms with Crippen molar-refractivity contribution in [2.75, 3.05) is 32.7 Å². The number of carbonyl (C=O) groups is 1. The molecular weight excluding hydrogens is 278 g/mol. The Morgan fingerprint density at radius 1 is 1.36 bits per heavy atom. The van der Waals surface area contributed by atoms with Gasteiger partial charge in [-0.1, -0.05) is 13.8 Å². The van der Waals surface area contributed by atoms with Crippen LogP contribution in [-0.2, 0) is 6.54 Å². The highest BCUT2D eigenvalue weighted by Gasteiger charge is 2.27. The summed E-state index contributed by atoms with van der Waals surface area (Å²) in [5, 5.41) is 2.87. The second-order valence-electron chi connectivity index (χ2n) is 6.64. The zero-order chi connectivity index (χ0) is 15.5. The zero-order valence-corrected chi connectivity index (χ0v) is 13.7. The fraction of sp³-hybridized carbons (Fsp3) is 0.750. The van der Waals surface area contributed by atoms with E-state index in [0.717, 1.165) is 39.3 Å². The molecule has 2 fully saturated rings. The summed E-state index contributed by atoms with van der Waals surface area (Å²) in [7, 11) is 0. The van der Waals surface area contributed by atoms with Gasteiger partial charge in [0.2, 0.25) is 0 Å². The van der Waals surface area contributed by atoms with Crippen molar-refractivity contribution in [3.63, 3.8) is 0 Å². The van der Waals surface area contributed by atoms with Crippen molar-refractivity contribution in [3.05, 3.63) is 18.2 Å². The molecule has 1 aromatic heterocycles. The number of carbonyl (C=O) groups excluding carboxylic acids is 1. The number of amides is 2. The van der Waals surface area contributed by atoms with Crippen molar-refractivity contribution in [2.24, 2.45) is 0 Å². The minimum Gasteiger partial charge on any atom is -0.336 e. The summed E-state index contributed by atoms with van der Waals surface area (Å²) in [4.78, 5) is 20.6. The second kappa shape index (κ2) is 6.69. The Labute approximate surface area is 132 Å². The molecule has 2 aliphatic rings. The maximum Gasteiger partial charge on any atom is 0.317 e. The van der Waals surface area contributed by atoms with Crippen molar-refractivity contribution in [1.29, 1.82) is 0 Å². The predicted octanol–water partition coefficient (Wildman–Crippen LogP) is 1.50. The number of hydrogen-bond donors (Lipinski definition) is 1. The van der Waals surface area contributed by atoms with Crippen molar-refractivity contribution in [3.8, 4) is 0 Å². The first kappa shape index (κ1) is 15.3. The standard InChI is InChI=1S/C16H27N5O/c1-13(2)15-17-5-9-21(15)12-14-4-3-7-19(14)10-11-20-8-6-18-16(20)22/h5,9,13-14H,3-4,6-8,10-12H2,1-2H3,(H,18,22). The number of imidazole rings is 1. The van der Waals surface area contributed by atoms with Gasteiger partial charge in [0.25, 0.3) is 0 Å². The molecule has 6 heteroatoms. The highest BCUT2D eigenvalue weighted by molar-refractivity contribution is 5.76. The average Bonchev–Trinajstić information content (AvgIpc) is 3.19. The minimum atomic E-state index is 0.0902. The van der Waals surface area contributed by atoms with E-state index in [4.69, 9.17) is 0 Å². The van der Waals surface area contributed by atoms with Crippen LogP contribution in [-0.4, -0.2) is 64.1 Å². The predicted molar refractivity (Wildman–Crippen MR) is 85.9 cm³/mol. The van der Waals surface area contributed by atoms with Crippen LogP contribution in [0.25, 0.3) is 0 Å². The van der Waals surface area contributed by atoms with E-state index < -0.39 is 0 Å². The van der Waals surface area contributed by atoms with Crippen molar-refractivity contribution in [2.45, 2.75) is 45.2 Å². The summed E-state index contributed by atoms with van der Waals surface area (Å²) in [5.74, 6) is 1.63. The van der Waals surface area contributed by atoms with Gasteiger partial charge in [-0.05, 0) is 19.4 Å². The van der Waals surface area contributed by atoms with E-state index in [1.807, 2.05) is 11.1 Å². The maximum absolute atomic E-state index is 11.6. The smallest absolute Gasteiger partial charge is 0.317 e. The molecule has 2 saturated heterocycles. The number of hydrogen-bond acceptors (Lipinski definition) is 3. The van der Waals surface area contributed by atoms with Crippen LogP contribution in [0, 0.1) is 0 Å². The molecule has 6 nitrogen and oxygen atoms in total. The number of likely N-dealkylation sites (tertiary alicyclic amines) is 1. The lowest BCUT2D eigenvalue weighted by molar-refractivity contribution is 0.188. The fourth-order valence-corrected chi connectivity index (χ4v) is 3.57. The van der Waals surface area contributed by atoms with E-state index in [1.165, 1.54) is 18.7 Å². The Morgan fingerprint density at radius 2 is 2.23 bits per heavy atom. The molecule has 0 saturated carbocycles. The van der Waals surface area contributed by atoms with Gasteiger partial charge in [-0.2, -0.15) is 0 Å². The van der Waals surface area contributed by atoms with Gasteiger partial charge in [-0.25, -0.2) is 9.78 Å². The number of aromatic nitrogens is 2. The average molecular weight is 305 g/mol. The minimum absolute atomic E-state index is 0.0902.